The van der Waals surface area contributed by atoms with Crippen molar-refractivity contribution in [2.45, 2.75) is 37.9 Å². The van der Waals surface area contributed by atoms with Crippen LogP contribution in [0.5, 0.6) is 0 Å². The number of esters is 1. The average Bonchev–Trinajstić information content (AvgIpc) is 3.02. The van der Waals surface area contributed by atoms with Gasteiger partial charge in [0.25, 0.3) is 0 Å². The summed E-state index contributed by atoms with van der Waals surface area (Å²) < 4.78 is 12.6. The molecule has 2 aromatic rings. The number of carbonyl (C=O) groups excluding carboxylic acids is 1. The number of rotatable bonds is 4. The van der Waals surface area contributed by atoms with Gasteiger partial charge in [0, 0.05) is 19.7 Å². The zero-order valence-corrected chi connectivity index (χ0v) is 13.4. The molecule has 122 valence electrons. The summed E-state index contributed by atoms with van der Waals surface area (Å²) >= 11 is 0. The van der Waals surface area contributed by atoms with Gasteiger partial charge >= 0.3 is 5.97 Å². The first-order valence-corrected chi connectivity index (χ1v) is 7.85. The molecule has 0 aliphatic heterocycles. The van der Waals surface area contributed by atoms with Crippen LogP contribution in [0.15, 0.2) is 30.6 Å². The lowest BCUT2D eigenvalue weighted by molar-refractivity contribution is -0.00540. The van der Waals surface area contributed by atoms with Crippen LogP contribution in [0.4, 0.5) is 0 Å². The molecule has 1 aliphatic rings. The van der Waals surface area contributed by atoms with Crippen molar-refractivity contribution in [1.82, 2.24) is 14.8 Å². The van der Waals surface area contributed by atoms with Crippen molar-refractivity contribution in [3.05, 3.63) is 36.2 Å². The SMILES string of the molecule is COC1CCC(OC(=O)c2ccc(-c3ncn(C)n3)cc2)CC1. The van der Waals surface area contributed by atoms with Gasteiger partial charge in [-0.1, -0.05) is 12.1 Å². The van der Waals surface area contributed by atoms with Gasteiger partial charge in [0.15, 0.2) is 5.82 Å². The normalized spacial score (nSPS) is 21.1. The van der Waals surface area contributed by atoms with Crippen LogP contribution in [-0.2, 0) is 16.5 Å². The Kier molecular flexibility index (Phi) is 4.71. The molecule has 0 amide bonds. The highest BCUT2D eigenvalue weighted by atomic mass is 16.5. The number of carbonyl (C=O) groups is 1. The van der Waals surface area contributed by atoms with E-state index in [1.807, 2.05) is 19.2 Å². The van der Waals surface area contributed by atoms with Gasteiger partial charge in [0.1, 0.15) is 12.4 Å². The van der Waals surface area contributed by atoms with Crippen molar-refractivity contribution < 1.29 is 14.3 Å². The molecular formula is C17H21N3O3. The second-order valence-corrected chi connectivity index (χ2v) is 5.86. The molecule has 6 heteroatoms. The predicted molar refractivity (Wildman–Crippen MR) is 84.9 cm³/mol. The molecule has 1 aromatic carbocycles. The molecule has 0 bridgehead atoms. The number of benzene rings is 1. The molecule has 1 saturated carbocycles. The molecule has 0 radical (unpaired) electrons. The molecule has 0 spiro atoms. The minimum atomic E-state index is -0.272. The van der Waals surface area contributed by atoms with Gasteiger partial charge in [0.2, 0.25) is 0 Å². The van der Waals surface area contributed by atoms with Crippen LogP contribution in [0.1, 0.15) is 36.0 Å². The summed E-state index contributed by atoms with van der Waals surface area (Å²) in [6, 6.07) is 7.20. The Labute approximate surface area is 135 Å². The number of hydrogen-bond donors (Lipinski definition) is 0. The molecule has 1 heterocycles. The van der Waals surface area contributed by atoms with E-state index in [1.54, 1.807) is 30.3 Å². The summed E-state index contributed by atoms with van der Waals surface area (Å²) in [7, 11) is 3.55. The van der Waals surface area contributed by atoms with Gasteiger partial charge in [-0.3, -0.25) is 4.68 Å². The van der Waals surface area contributed by atoms with Crippen molar-refractivity contribution in [1.29, 1.82) is 0 Å². The van der Waals surface area contributed by atoms with Crippen LogP contribution < -0.4 is 0 Å². The quantitative estimate of drug-likeness (QED) is 0.811. The van der Waals surface area contributed by atoms with Crippen LogP contribution in [0.25, 0.3) is 11.4 Å². The Bertz CT molecular complexity index is 658. The zero-order valence-electron chi connectivity index (χ0n) is 13.4. The van der Waals surface area contributed by atoms with E-state index in [0.717, 1.165) is 31.2 Å². The number of nitrogens with zero attached hydrogens (tertiary/aromatic N) is 3. The van der Waals surface area contributed by atoms with Crippen LogP contribution in [0.2, 0.25) is 0 Å². The highest BCUT2D eigenvalue weighted by Gasteiger charge is 2.24. The smallest absolute Gasteiger partial charge is 0.338 e. The molecule has 0 unspecified atom stereocenters. The van der Waals surface area contributed by atoms with Crippen LogP contribution in [0, 0.1) is 0 Å². The van der Waals surface area contributed by atoms with E-state index in [2.05, 4.69) is 10.1 Å². The van der Waals surface area contributed by atoms with Gasteiger partial charge in [-0.25, -0.2) is 9.78 Å². The molecule has 23 heavy (non-hydrogen) atoms. The highest BCUT2D eigenvalue weighted by molar-refractivity contribution is 5.90. The third kappa shape index (κ3) is 3.76. The number of aromatic nitrogens is 3. The van der Waals surface area contributed by atoms with Crippen LogP contribution >= 0.6 is 0 Å². The standard InChI is InChI=1S/C17H21N3O3/c1-20-11-18-16(19-20)12-3-5-13(6-4-12)17(21)23-15-9-7-14(22-2)8-10-15/h3-6,11,14-15H,7-10H2,1-2H3. The zero-order chi connectivity index (χ0) is 16.2. The van der Waals surface area contributed by atoms with Crippen molar-refractivity contribution in [3.8, 4) is 11.4 Å². The molecule has 3 rings (SSSR count). The van der Waals surface area contributed by atoms with Gasteiger partial charge in [-0.05, 0) is 37.8 Å². The second-order valence-electron chi connectivity index (χ2n) is 5.86. The number of hydrogen-bond acceptors (Lipinski definition) is 5. The second kappa shape index (κ2) is 6.91. The van der Waals surface area contributed by atoms with E-state index in [1.165, 1.54) is 0 Å². The predicted octanol–water partition coefficient (Wildman–Crippen LogP) is 2.60. The number of ether oxygens (including phenoxy) is 2. The first kappa shape index (κ1) is 15.7. The maximum Gasteiger partial charge on any atom is 0.338 e. The fraction of sp³-hybridized carbons (Fsp3) is 0.471. The molecule has 0 N–H and O–H groups in total. The van der Waals surface area contributed by atoms with E-state index in [0.29, 0.717) is 17.5 Å². The number of methoxy groups -OCH3 is 1. The largest absolute Gasteiger partial charge is 0.459 e. The Morgan fingerprint density at radius 2 is 1.78 bits per heavy atom. The first-order chi connectivity index (χ1) is 11.2. The van der Waals surface area contributed by atoms with E-state index in [4.69, 9.17) is 9.47 Å². The molecule has 1 aliphatic carbocycles. The van der Waals surface area contributed by atoms with Gasteiger partial charge in [-0.15, -0.1) is 0 Å². The minimum absolute atomic E-state index is 0.00830. The van der Waals surface area contributed by atoms with Crippen molar-refractivity contribution in [2.75, 3.05) is 7.11 Å². The molecular weight excluding hydrogens is 294 g/mol. The lowest BCUT2D eigenvalue weighted by atomic mass is 9.95. The average molecular weight is 315 g/mol. The highest BCUT2D eigenvalue weighted by Crippen LogP contribution is 2.24. The molecule has 0 atom stereocenters. The van der Waals surface area contributed by atoms with Crippen LogP contribution in [-0.4, -0.2) is 40.1 Å². The maximum absolute atomic E-state index is 12.2. The summed E-state index contributed by atoms with van der Waals surface area (Å²) in [5, 5.41) is 4.24. The summed E-state index contributed by atoms with van der Waals surface area (Å²) in [6.45, 7) is 0. The molecule has 0 saturated heterocycles. The summed E-state index contributed by atoms with van der Waals surface area (Å²) in [5.41, 5.74) is 1.43. The van der Waals surface area contributed by atoms with E-state index < -0.39 is 0 Å². The molecule has 1 aromatic heterocycles. The number of aryl methyl sites for hydroxylation is 1. The lowest BCUT2D eigenvalue weighted by Gasteiger charge is -2.27. The van der Waals surface area contributed by atoms with Gasteiger partial charge < -0.3 is 9.47 Å². The maximum atomic E-state index is 12.2. The first-order valence-electron chi connectivity index (χ1n) is 7.85. The molecule has 1 fully saturated rings. The minimum Gasteiger partial charge on any atom is -0.459 e. The topological polar surface area (TPSA) is 66.2 Å². The van der Waals surface area contributed by atoms with Crippen LogP contribution in [0.3, 0.4) is 0 Å². The lowest BCUT2D eigenvalue weighted by Crippen LogP contribution is -2.27. The van der Waals surface area contributed by atoms with E-state index >= 15 is 0 Å². The van der Waals surface area contributed by atoms with Crippen molar-refractivity contribution in [2.24, 2.45) is 7.05 Å². The Hall–Kier alpha value is -2.21. The monoisotopic (exact) mass is 315 g/mol. The fourth-order valence-electron chi connectivity index (χ4n) is 2.83. The third-order valence-corrected chi connectivity index (χ3v) is 4.21. The Balaban J connectivity index is 1.60. The van der Waals surface area contributed by atoms with Crippen molar-refractivity contribution in [3.63, 3.8) is 0 Å². The van der Waals surface area contributed by atoms with Crippen molar-refractivity contribution >= 4 is 5.97 Å². The summed E-state index contributed by atoms with van der Waals surface area (Å²) in [5.74, 6) is 0.372. The van der Waals surface area contributed by atoms with Gasteiger partial charge in [-0.2, -0.15) is 5.10 Å². The van der Waals surface area contributed by atoms with E-state index in [9.17, 15) is 4.79 Å². The van der Waals surface area contributed by atoms with Gasteiger partial charge in [0.05, 0.1) is 11.7 Å². The summed E-state index contributed by atoms with van der Waals surface area (Å²) in [6.07, 6.45) is 5.55. The molecule has 6 nitrogen and oxygen atoms in total. The fourth-order valence-corrected chi connectivity index (χ4v) is 2.83. The van der Waals surface area contributed by atoms with E-state index in [-0.39, 0.29) is 12.1 Å². The Morgan fingerprint density at radius 1 is 1.13 bits per heavy atom. The summed E-state index contributed by atoms with van der Waals surface area (Å²) in [4.78, 5) is 16.4. The third-order valence-electron chi connectivity index (χ3n) is 4.21. The Morgan fingerprint density at radius 3 is 2.35 bits per heavy atom.